The molecule has 72 valence electrons. The van der Waals surface area contributed by atoms with E-state index in [1.807, 2.05) is 38.1 Å². The molecule has 0 aliphatic heterocycles. The van der Waals surface area contributed by atoms with Crippen molar-refractivity contribution in [3.8, 4) is 5.69 Å². The van der Waals surface area contributed by atoms with Gasteiger partial charge >= 0.3 is 0 Å². The highest BCUT2D eigenvalue weighted by molar-refractivity contribution is 6.32. The van der Waals surface area contributed by atoms with E-state index in [9.17, 15) is 0 Å². The van der Waals surface area contributed by atoms with E-state index in [1.54, 1.807) is 4.80 Å². The molecule has 0 aliphatic rings. The Morgan fingerprint density at radius 2 is 1.64 bits per heavy atom. The lowest BCUT2D eigenvalue weighted by atomic mass is 10.3. The summed E-state index contributed by atoms with van der Waals surface area (Å²) in [6.45, 7) is 3.85. The molecule has 1 heterocycles. The van der Waals surface area contributed by atoms with Gasteiger partial charge in [0, 0.05) is 0 Å². The smallest absolute Gasteiger partial charge is 0.104 e. The molecule has 0 N–H and O–H groups in total. The van der Waals surface area contributed by atoms with E-state index in [4.69, 9.17) is 11.6 Å². The third-order valence-electron chi connectivity index (χ3n) is 2.08. The SMILES string of the molecule is Cc1nn(-c2ccccc2Cl)nc1C. The molecule has 1 aromatic heterocycles. The molecule has 0 amide bonds. The van der Waals surface area contributed by atoms with Crippen molar-refractivity contribution in [3.63, 3.8) is 0 Å². The predicted molar refractivity (Wildman–Crippen MR) is 55.8 cm³/mol. The second kappa shape index (κ2) is 3.42. The van der Waals surface area contributed by atoms with Crippen LogP contribution in [0.25, 0.3) is 5.69 Å². The molecule has 0 radical (unpaired) electrons. The summed E-state index contributed by atoms with van der Waals surface area (Å²) in [4.78, 5) is 1.56. The van der Waals surface area contributed by atoms with Gasteiger partial charge in [-0.3, -0.25) is 0 Å². The molecule has 2 rings (SSSR count). The third-order valence-corrected chi connectivity index (χ3v) is 2.40. The molecule has 0 fully saturated rings. The van der Waals surface area contributed by atoms with Crippen molar-refractivity contribution < 1.29 is 0 Å². The average Bonchev–Trinajstić information content (AvgIpc) is 2.48. The Kier molecular flexibility index (Phi) is 2.25. The Morgan fingerprint density at radius 1 is 1.07 bits per heavy atom. The molecule has 3 nitrogen and oxygen atoms in total. The molecule has 0 bridgehead atoms. The molecule has 0 unspecified atom stereocenters. The van der Waals surface area contributed by atoms with Crippen molar-refractivity contribution in [2.75, 3.05) is 0 Å². The van der Waals surface area contributed by atoms with Gasteiger partial charge in [0.25, 0.3) is 0 Å². The fraction of sp³-hybridized carbons (Fsp3) is 0.200. The van der Waals surface area contributed by atoms with Crippen molar-refractivity contribution >= 4 is 11.6 Å². The van der Waals surface area contributed by atoms with Gasteiger partial charge in [-0.05, 0) is 26.0 Å². The van der Waals surface area contributed by atoms with E-state index in [1.165, 1.54) is 0 Å². The van der Waals surface area contributed by atoms with Crippen molar-refractivity contribution in [1.82, 2.24) is 15.0 Å². The summed E-state index contributed by atoms with van der Waals surface area (Å²) in [6.07, 6.45) is 0. The molecule has 0 saturated heterocycles. The van der Waals surface area contributed by atoms with Gasteiger partial charge in [-0.25, -0.2) is 0 Å². The maximum atomic E-state index is 6.02. The highest BCUT2D eigenvalue weighted by atomic mass is 35.5. The Balaban J connectivity index is 2.55. The number of aromatic nitrogens is 3. The van der Waals surface area contributed by atoms with Crippen molar-refractivity contribution in [1.29, 1.82) is 0 Å². The minimum absolute atomic E-state index is 0.655. The second-order valence-electron chi connectivity index (χ2n) is 3.11. The van der Waals surface area contributed by atoms with E-state index < -0.39 is 0 Å². The Morgan fingerprint density at radius 3 is 2.21 bits per heavy atom. The van der Waals surface area contributed by atoms with Crippen molar-refractivity contribution in [2.24, 2.45) is 0 Å². The van der Waals surface area contributed by atoms with Crippen LogP contribution in [-0.4, -0.2) is 15.0 Å². The number of aryl methyl sites for hydroxylation is 2. The lowest BCUT2D eigenvalue weighted by Gasteiger charge is -2.00. The highest BCUT2D eigenvalue weighted by Crippen LogP contribution is 2.18. The lowest BCUT2D eigenvalue weighted by Crippen LogP contribution is -1.99. The molecular formula is C10H10ClN3. The minimum Gasteiger partial charge on any atom is -0.153 e. The quantitative estimate of drug-likeness (QED) is 0.720. The number of hydrogen-bond acceptors (Lipinski definition) is 2. The number of benzene rings is 1. The van der Waals surface area contributed by atoms with Gasteiger partial charge in [-0.15, -0.1) is 4.80 Å². The van der Waals surface area contributed by atoms with Crippen LogP contribution in [-0.2, 0) is 0 Å². The largest absolute Gasteiger partial charge is 0.153 e. The first-order valence-electron chi connectivity index (χ1n) is 4.34. The van der Waals surface area contributed by atoms with Gasteiger partial charge < -0.3 is 0 Å². The second-order valence-corrected chi connectivity index (χ2v) is 3.52. The summed E-state index contributed by atoms with van der Waals surface area (Å²) < 4.78 is 0. The first-order valence-corrected chi connectivity index (χ1v) is 4.72. The van der Waals surface area contributed by atoms with E-state index >= 15 is 0 Å². The topological polar surface area (TPSA) is 30.7 Å². The van der Waals surface area contributed by atoms with Gasteiger partial charge in [0.1, 0.15) is 5.69 Å². The van der Waals surface area contributed by atoms with Crippen LogP contribution >= 0.6 is 11.6 Å². The van der Waals surface area contributed by atoms with Crippen LogP contribution in [0.4, 0.5) is 0 Å². The lowest BCUT2D eigenvalue weighted by molar-refractivity contribution is 0.741. The Bertz CT molecular complexity index is 443. The number of nitrogens with zero attached hydrogens (tertiary/aromatic N) is 3. The van der Waals surface area contributed by atoms with Gasteiger partial charge in [-0.2, -0.15) is 10.2 Å². The van der Waals surface area contributed by atoms with E-state index in [2.05, 4.69) is 10.2 Å². The fourth-order valence-electron chi connectivity index (χ4n) is 1.17. The van der Waals surface area contributed by atoms with Gasteiger partial charge in [0.15, 0.2) is 0 Å². The summed E-state index contributed by atoms with van der Waals surface area (Å²) in [5.74, 6) is 0. The summed E-state index contributed by atoms with van der Waals surface area (Å²) >= 11 is 6.02. The van der Waals surface area contributed by atoms with Gasteiger partial charge in [0.05, 0.1) is 16.4 Å². The first kappa shape index (κ1) is 9.21. The van der Waals surface area contributed by atoms with Crippen LogP contribution in [0.2, 0.25) is 5.02 Å². The van der Waals surface area contributed by atoms with Gasteiger partial charge in [0.2, 0.25) is 0 Å². The molecular weight excluding hydrogens is 198 g/mol. The Hall–Kier alpha value is -1.35. The normalized spacial score (nSPS) is 10.5. The maximum absolute atomic E-state index is 6.02. The number of para-hydroxylation sites is 1. The standard InChI is InChI=1S/C10H10ClN3/c1-7-8(2)13-14(12-7)10-6-4-3-5-9(10)11/h3-6H,1-2H3. The molecule has 1 aromatic carbocycles. The van der Waals surface area contributed by atoms with Crippen LogP contribution in [0.15, 0.2) is 24.3 Å². The van der Waals surface area contributed by atoms with Crippen LogP contribution in [0.3, 0.4) is 0 Å². The number of halogens is 1. The molecule has 2 aromatic rings. The first-order chi connectivity index (χ1) is 6.68. The van der Waals surface area contributed by atoms with E-state index in [-0.39, 0.29) is 0 Å². The summed E-state index contributed by atoms with van der Waals surface area (Å²) in [6, 6.07) is 7.51. The molecule has 0 aliphatic carbocycles. The van der Waals surface area contributed by atoms with Gasteiger partial charge in [-0.1, -0.05) is 23.7 Å². The summed E-state index contributed by atoms with van der Waals surface area (Å²) in [5.41, 5.74) is 2.65. The zero-order chi connectivity index (χ0) is 10.1. The monoisotopic (exact) mass is 207 g/mol. The zero-order valence-electron chi connectivity index (χ0n) is 8.03. The zero-order valence-corrected chi connectivity index (χ0v) is 8.78. The predicted octanol–water partition coefficient (Wildman–Crippen LogP) is 2.54. The molecule has 0 spiro atoms. The van der Waals surface area contributed by atoms with Crippen LogP contribution in [0.5, 0.6) is 0 Å². The molecule has 4 heteroatoms. The van der Waals surface area contributed by atoms with E-state index in [0.29, 0.717) is 5.02 Å². The van der Waals surface area contributed by atoms with Crippen LogP contribution < -0.4 is 0 Å². The summed E-state index contributed by atoms with van der Waals surface area (Å²) in [7, 11) is 0. The molecule has 0 atom stereocenters. The van der Waals surface area contributed by atoms with E-state index in [0.717, 1.165) is 17.1 Å². The fourth-order valence-corrected chi connectivity index (χ4v) is 1.38. The minimum atomic E-state index is 0.655. The third kappa shape index (κ3) is 1.51. The number of hydrogen-bond donors (Lipinski definition) is 0. The molecule has 0 saturated carbocycles. The van der Waals surface area contributed by atoms with Crippen molar-refractivity contribution in [2.45, 2.75) is 13.8 Å². The maximum Gasteiger partial charge on any atom is 0.104 e. The highest BCUT2D eigenvalue weighted by Gasteiger charge is 2.06. The summed E-state index contributed by atoms with van der Waals surface area (Å²) in [5, 5.41) is 9.18. The average molecular weight is 208 g/mol. The van der Waals surface area contributed by atoms with Crippen LogP contribution in [0, 0.1) is 13.8 Å². The van der Waals surface area contributed by atoms with Crippen molar-refractivity contribution in [3.05, 3.63) is 40.7 Å². The molecule has 14 heavy (non-hydrogen) atoms. The van der Waals surface area contributed by atoms with Crippen LogP contribution in [0.1, 0.15) is 11.4 Å². The number of rotatable bonds is 1. The Labute approximate surface area is 87.3 Å².